The van der Waals surface area contributed by atoms with Crippen LogP contribution < -0.4 is 0 Å². The lowest BCUT2D eigenvalue weighted by molar-refractivity contribution is 0.195. The molecule has 90 valence electrons. The fraction of sp³-hybridized carbons (Fsp3) is 0.250. The summed E-state index contributed by atoms with van der Waals surface area (Å²) in [6, 6.07) is 4.74. The Balaban J connectivity index is 2.37. The van der Waals surface area contributed by atoms with Crippen molar-refractivity contribution in [1.82, 2.24) is 4.98 Å². The standard InChI is InChI=1S/C12H12FNOS2/c1-7-6-16-12(14-7)17-11-9(8(2)15)4-3-5-10(11)13/h3-6,8,15H,1-2H3. The summed E-state index contributed by atoms with van der Waals surface area (Å²) in [5.74, 6) is -0.318. The number of aromatic nitrogens is 1. The third-order valence-electron chi connectivity index (χ3n) is 2.23. The summed E-state index contributed by atoms with van der Waals surface area (Å²) in [5, 5.41) is 11.5. The summed E-state index contributed by atoms with van der Waals surface area (Å²) in [5.41, 5.74) is 1.52. The van der Waals surface area contributed by atoms with Crippen molar-refractivity contribution in [1.29, 1.82) is 0 Å². The fourth-order valence-corrected chi connectivity index (χ4v) is 3.42. The van der Waals surface area contributed by atoms with Gasteiger partial charge in [0.05, 0.1) is 11.0 Å². The minimum absolute atomic E-state index is 0.318. The summed E-state index contributed by atoms with van der Waals surface area (Å²) in [6.07, 6.45) is -0.686. The van der Waals surface area contributed by atoms with E-state index in [9.17, 15) is 9.50 Å². The van der Waals surface area contributed by atoms with E-state index in [1.807, 2.05) is 12.3 Å². The number of aliphatic hydroxyl groups is 1. The fourth-order valence-electron chi connectivity index (χ4n) is 1.43. The molecule has 0 amide bonds. The molecule has 2 nitrogen and oxygen atoms in total. The van der Waals surface area contributed by atoms with E-state index < -0.39 is 6.10 Å². The van der Waals surface area contributed by atoms with Gasteiger partial charge in [0.25, 0.3) is 0 Å². The highest BCUT2D eigenvalue weighted by Gasteiger charge is 2.15. The second kappa shape index (κ2) is 5.16. The normalized spacial score (nSPS) is 12.7. The summed E-state index contributed by atoms with van der Waals surface area (Å²) < 4.78 is 14.5. The summed E-state index contributed by atoms with van der Waals surface area (Å²) in [4.78, 5) is 4.74. The second-order valence-electron chi connectivity index (χ2n) is 3.69. The molecular weight excluding hydrogens is 257 g/mol. The molecule has 2 aromatic rings. The van der Waals surface area contributed by atoms with Crippen LogP contribution in [-0.2, 0) is 0 Å². The highest BCUT2D eigenvalue weighted by atomic mass is 32.2. The van der Waals surface area contributed by atoms with Crippen molar-refractivity contribution in [2.24, 2.45) is 0 Å². The van der Waals surface area contributed by atoms with Crippen LogP contribution in [0.4, 0.5) is 4.39 Å². The van der Waals surface area contributed by atoms with Crippen LogP contribution >= 0.6 is 23.1 Å². The van der Waals surface area contributed by atoms with Gasteiger partial charge in [0.2, 0.25) is 0 Å². The molecule has 1 aromatic heterocycles. The zero-order valence-corrected chi connectivity index (χ0v) is 11.1. The van der Waals surface area contributed by atoms with Crippen molar-refractivity contribution >= 4 is 23.1 Å². The number of halogens is 1. The third kappa shape index (κ3) is 2.86. The molecule has 1 unspecified atom stereocenters. The second-order valence-corrected chi connectivity index (χ2v) is 5.81. The molecule has 2 rings (SSSR count). The number of aryl methyl sites for hydroxylation is 1. The molecule has 0 aliphatic heterocycles. The molecule has 0 aliphatic carbocycles. The summed E-state index contributed by atoms with van der Waals surface area (Å²) in [7, 11) is 0. The molecule has 17 heavy (non-hydrogen) atoms. The van der Waals surface area contributed by atoms with E-state index in [4.69, 9.17) is 0 Å². The maximum Gasteiger partial charge on any atom is 0.155 e. The molecule has 1 N–H and O–H groups in total. The van der Waals surface area contributed by atoms with Crippen LogP contribution in [0.2, 0.25) is 0 Å². The van der Waals surface area contributed by atoms with Gasteiger partial charge in [0.1, 0.15) is 5.82 Å². The van der Waals surface area contributed by atoms with Crippen molar-refractivity contribution in [3.63, 3.8) is 0 Å². The Kier molecular flexibility index (Phi) is 3.81. The first kappa shape index (κ1) is 12.5. The van der Waals surface area contributed by atoms with Gasteiger partial charge in [0, 0.05) is 11.1 Å². The lowest BCUT2D eigenvalue weighted by Gasteiger charge is -2.10. The Morgan fingerprint density at radius 3 is 2.82 bits per heavy atom. The van der Waals surface area contributed by atoms with Gasteiger partial charge in [-0.25, -0.2) is 9.37 Å². The molecule has 0 aliphatic rings. The number of benzene rings is 1. The van der Waals surface area contributed by atoms with Gasteiger partial charge in [-0.15, -0.1) is 11.3 Å². The van der Waals surface area contributed by atoms with Gasteiger partial charge in [-0.1, -0.05) is 23.9 Å². The number of hydrogen-bond acceptors (Lipinski definition) is 4. The Morgan fingerprint density at radius 2 is 2.24 bits per heavy atom. The van der Waals surface area contributed by atoms with Crippen LogP contribution in [0.15, 0.2) is 32.8 Å². The zero-order chi connectivity index (χ0) is 12.4. The minimum atomic E-state index is -0.686. The lowest BCUT2D eigenvalue weighted by Crippen LogP contribution is -1.96. The number of rotatable bonds is 3. The Bertz CT molecular complexity index is 525. The van der Waals surface area contributed by atoms with Crippen molar-refractivity contribution in [2.45, 2.75) is 29.2 Å². The van der Waals surface area contributed by atoms with E-state index in [-0.39, 0.29) is 5.82 Å². The minimum Gasteiger partial charge on any atom is -0.389 e. The Labute approximate surface area is 108 Å². The highest BCUT2D eigenvalue weighted by molar-refractivity contribution is 8.01. The van der Waals surface area contributed by atoms with Crippen molar-refractivity contribution < 1.29 is 9.50 Å². The Hall–Kier alpha value is -0.910. The van der Waals surface area contributed by atoms with Gasteiger partial charge in [-0.2, -0.15) is 0 Å². The van der Waals surface area contributed by atoms with Crippen LogP contribution in [0.1, 0.15) is 24.3 Å². The largest absolute Gasteiger partial charge is 0.389 e. The number of hydrogen-bond donors (Lipinski definition) is 1. The Morgan fingerprint density at radius 1 is 1.47 bits per heavy atom. The first-order valence-electron chi connectivity index (χ1n) is 5.14. The SMILES string of the molecule is Cc1csc(Sc2c(F)cccc2C(C)O)n1. The highest BCUT2D eigenvalue weighted by Crippen LogP contribution is 2.36. The van der Waals surface area contributed by atoms with Gasteiger partial charge in [0.15, 0.2) is 4.34 Å². The first-order valence-corrected chi connectivity index (χ1v) is 6.84. The van der Waals surface area contributed by atoms with Crippen LogP contribution in [0.25, 0.3) is 0 Å². The lowest BCUT2D eigenvalue weighted by atomic mass is 10.1. The quantitative estimate of drug-likeness (QED) is 0.920. The molecule has 1 aromatic carbocycles. The number of nitrogens with zero attached hydrogens (tertiary/aromatic N) is 1. The van der Waals surface area contributed by atoms with Crippen LogP contribution in [-0.4, -0.2) is 10.1 Å². The molecule has 5 heteroatoms. The van der Waals surface area contributed by atoms with E-state index in [2.05, 4.69) is 4.98 Å². The van der Waals surface area contributed by atoms with Gasteiger partial charge >= 0.3 is 0 Å². The predicted molar refractivity (Wildman–Crippen MR) is 68.0 cm³/mol. The maximum absolute atomic E-state index is 13.7. The van der Waals surface area contributed by atoms with Crippen LogP contribution in [0.5, 0.6) is 0 Å². The molecule has 1 heterocycles. The molecule has 0 saturated heterocycles. The van der Waals surface area contributed by atoms with E-state index in [0.717, 1.165) is 10.0 Å². The number of thiazole rings is 1. The first-order chi connectivity index (χ1) is 8.08. The van der Waals surface area contributed by atoms with Gasteiger partial charge in [-0.05, 0) is 25.5 Å². The van der Waals surface area contributed by atoms with Crippen LogP contribution in [0, 0.1) is 12.7 Å². The molecule has 0 fully saturated rings. The molecular formula is C12H12FNOS2. The van der Waals surface area contributed by atoms with Crippen molar-refractivity contribution in [3.05, 3.63) is 40.7 Å². The molecule has 0 bridgehead atoms. The average molecular weight is 269 g/mol. The van der Waals surface area contributed by atoms with E-state index >= 15 is 0 Å². The smallest absolute Gasteiger partial charge is 0.155 e. The molecule has 0 radical (unpaired) electrons. The van der Waals surface area contributed by atoms with Crippen molar-refractivity contribution in [3.8, 4) is 0 Å². The number of aliphatic hydroxyl groups excluding tert-OH is 1. The molecule has 0 spiro atoms. The van der Waals surface area contributed by atoms with Gasteiger partial charge < -0.3 is 5.11 Å². The van der Waals surface area contributed by atoms with Crippen LogP contribution in [0.3, 0.4) is 0 Å². The predicted octanol–water partition coefficient (Wildman–Crippen LogP) is 3.80. The molecule has 0 saturated carbocycles. The third-order valence-corrected chi connectivity index (χ3v) is 4.43. The van der Waals surface area contributed by atoms with E-state index in [0.29, 0.717) is 10.5 Å². The van der Waals surface area contributed by atoms with Crippen molar-refractivity contribution in [2.75, 3.05) is 0 Å². The average Bonchev–Trinajstić information content (AvgIpc) is 2.67. The topological polar surface area (TPSA) is 33.1 Å². The molecule has 1 atom stereocenters. The zero-order valence-electron chi connectivity index (χ0n) is 9.48. The maximum atomic E-state index is 13.7. The monoisotopic (exact) mass is 269 g/mol. The summed E-state index contributed by atoms with van der Waals surface area (Å²) >= 11 is 2.74. The summed E-state index contributed by atoms with van der Waals surface area (Å²) in [6.45, 7) is 3.53. The van der Waals surface area contributed by atoms with E-state index in [1.165, 1.54) is 29.2 Å². The van der Waals surface area contributed by atoms with Gasteiger partial charge in [-0.3, -0.25) is 0 Å². The van der Waals surface area contributed by atoms with E-state index in [1.54, 1.807) is 19.1 Å².